The second-order valence-corrected chi connectivity index (χ2v) is 6.57. The first kappa shape index (κ1) is 14.4. The fourth-order valence-electron chi connectivity index (χ4n) is 3.98. The van der Waals surface area contributed by atoms with Crippen LogP contribution in [0.5, 0.6) is 0 Å². The molecule has 3 aliphatic rings. The Balaban J connectivity index is 1.78. The van der Waals surface area contributed by atoms with Crippen LogP contribution in [0.4, 0.5) is 0 Å². The largest absolute Gasteiger partial charge is 0.335 e. The van der Waals surface area contributed by atoms with Crippen molar-refractivity contribution in [3.8, 4) is 0 Å². The van der Waals surface area contributed by atoms with Gasteiger partial charge >= 0.3 is 11.4 Å². The van der Waals surface area contributed by atoms with Gasteiger partial charge in [0.25, 0.3) is 0 Å². The van der Waals surface area contributed by atoms with E-state index in [2.05, 4.69) is 73.7 Å². The predicted octanol–water partition coefficient (Wildman–Crippen LogP) is 5.28. The standard InChI is InChI=1S/C22H23O/c1-2-3-5-10-17-15-16-22(23-17)20-13-7-4-6-11-18(20)19-12-8-9-14-21(19)22/h4,6-9,11-16,20H,2-3,5,10H2,1H3/q+1. The normalized spacial score (nSPS) is 26.9. The number of unbranched alkanes of at least 4 members (excludes halogenated alkanes) is 2. The van der Waals surface area contributed by atoms with Gasteiger partial charge in [-0.05, 0) is 23.6 Å². The van der Waals surface area contributed by atoms with E-state index < -0.39 is 0 Å². The molecule has 23 heavy (non-hydrogen) atoms. The van der Waals surface area contributed by atoms with Gasteiger partial charge in [0.15, 0.2) is 0 Å². The monoisotopic (exact) mass is 303 g/mol. The number of fused-ring (bicyclic) bond motifs is 5. The molecule has 0 N–H and O–H groups in total. The molecular formula is C22H23O+. The molecule has 1 aliphatic heterocycles. The lowest BCUT2D eigenvalue weighted by atomic mass is 9.85. The first-order valence-corrected chi connectivity index (χ1v) is 8.74. The minimum absolute atomic E-state index is 0.259. The Kier molecular flexibility index (Phi) is 3.65. The van der Waals surface area contributed by atoms with Gasteiger partial charge in [-0.1, -0.05) is 68.3 Å². The SMILES string of the molecule is CCCCCC1=[O+]C2(C=C1)c1ccccc1C1=CC=CC=CC12. The van der Waals surface area contributed by atoms with Gasteiger partial charge in [-0.2, -0.15) is 0 Å². The van der Waals surface area contributed by atoms with Gasteiger partial charge in [-0.15, -0.1) is 0 Å². The maximum Gasteiger partial charge on any atom is 0.335 e. The van der Waals surface area contributed by atoms with Crippen molar-refractivity contribution in [1.82, 2.24) is 0 Å². The van der Waals surface area contributed by atoms with Crippen LogP contribution in [0.2, 0.25) is 0 Å². The van der Waals surface area contributed by atoms with E-state index in [1.807, 2.05) is 0 Å². The van der Waals surface area contributed by atoms with Crippen LogP contribution in [0.25, 0.3) is 5.57 Å². The Morgan fingerprint density at radius 3 is 2.91 bits per heavy atom. The van der Waals surface area contributed by atoms with E-state index >= 15 is 0 Å². The van der Waals surface area contributed by atoms with Crippen molar-refractivity contribution in [3.05, 3.63) is 77.9 Å². The summed E-state index contributed by atoms with van der Waals surface area (Å²) in [6.07, 6.45) is 20.2. The number of rotatable bonds is 4. The number of allylic oxidation sites excluding steroid dienone is 5. The summed E-state index contributed by atoms with van der Waals surface area (Å²) in [7, 11) is 0. The molecule has 2 aliphatic carbocycles. The minimum atomic E-state index is -0.341. The van der Waals surface area contributed by atoms with E-state index in [0.717, 1.165) is 12.2 Å². The highest BCUT2D eigenvalue weighted by molar-refractivity contribution is 5.93. The Hall–Kier alpha value is -2.15. The highest BCUT2D eigenvalue weighted by Crippen LogP contribution is 2.53. The first-order chi connectivity index (χ1) is 11.3. The molecule has 0 fully saturated rings. The van der Waals surface area contributed by atoms with E-state index in [-0.39, 0.29) is 11.5 Å². The van der Waals surface area contributed by atoms with Gasteiger partial charge in [0.05, 0.1) is 12.0 Å². The molecule has 116 valence electrons. The van der Waals surface area contributed by atoms with Crippen molar-refractivity contribution in [2.24, 2.45) is 5.92 Å². The molecule has 1 nitrogen and oxygen atoms in total. The van der Waals surface area contributed by atoms with Crippen LogP contribution in [-0.4, -0.2) is 5.78 Å². The van der Waals surface area contributed by atoms with Crippen molar-refractivity contribution in [2.75, 3.05) is 0 Å². The molecule has 2 unspecified atom stereocenters. The van der Waals surface area contributed by atoms with Gasteiger partial charge < -0.3 is 0 Å². The molecule has 0 amide bonds. The maximum atomic E-state index is 6.59. The average molecular weight is 303 g/mol. The van der Waals surface area contributed by atoms with Gasteiger partial charge in [0.2, 0.25) is 0 Å². The lowest BCUT2D eigenvalue weighted by Gasteiger charge is -2.15. The van der Waals surface area contributed by atoms with Crippen LogP contribution >= 0.6 is 0 Å². The smallest absolute Gasteiger partial charge is 0.243 e. The van der Waals surface area contributed by atoms with E-state index in [4.69, 9.17) is 4.42 Å². The number of carbonyl (C=O) groups excluding carboxylic acids is 1. The van der Waals surface area contributed by atoms with Crippen LogP contribution in [0.3, 0.4) is 0 Å². The predicted molar refractivity (Wildman–Crippen MR) is 96.2 cm³/mol. The topological polar surface area (TPSA) is 11.3 Å². The Morgan fingerprint density at radius 1 is 1.09 bits per heavy atom. The Labute approximate surface area is 138 Å². The van der Waals surface area contributed by atoms with Crippen LogP contribution in [0, 0.1) is 5.92 Å². The van der Waals surface area contributed by atoms with Crippen LogP contribution in [-0.2, 0) is 10.0 Å². The molecule has 1 aromatic carbocycles. The molecule has 0 saturated carbocycles. The van der Waals surface area contributed by atoms with Crippen LogP contribution in [0.15, 0.2) is 66.8 Å². The summed E-state index contributed by atoms with van der Waals surface area (Å²) < 4.78 is 6.59. The summed E-state index contributed by atoms with van der Waals surface area (Å²) in [5.74, 6) is 1.40. The summed E-state index contributed by atoms with van der Waals surface area (Å²) in [6.45, 7) is 2.24. The fraction of sp³-hybridized carbons (Fsp3) is 0.318. The van der Waals surface area contributed by atoms with Gasteiger partial charge in [0, 0.05) is 12.2 Å². The number of ketones is 1. The molecule has 0 bridgehead atoms. The summed E-state index contributed by atoms with van der Waals surface area (Å²) in [5, 5.41) is 0. The van der Waals surface area contributed by atoms with Gasteiger partial charge in [-0.25, -0.2) is 4.42 Å². The number of hydrogen-bond acceptors (Lipinski definition) is 0. The third kappa shape index (κ3) is 2.26. The highest BCUT2D eigenvalue weighted by atomic mass is 16.4. The molecule has 1 heterocycles. The van der Waals surface area contributed by atoms with Crippen molar-refractivity contribution < 1.29 is 4.42 Å². The molecule has 1 heteroatoms. The summed E-state index contributed by atoms with van der Waals surface area (Å²) in [6, 6.07) is 8.70. The molecule has 1 aromatic rings. The Morgan fingerprint density at radius 2 is 2.00 bits per heavy atom. The Bertz CT molecular complexity index is 760. The summed E-state index contributed by atoms with van der Waals surface area (Å²) >= 11 is 0. The van der Waals surface area contributed by atoms with E-state index in [0.29, 0.717) is 0 Å². The van der Waals surface area contributed by atoms with Crippen LogP contribution in [0.1, 0.15) is 43.7 Å². The van der Waals surface area contributed by atoms with Crippen molar-refractivity contribution in [2.45, 2.75) is 38.2 Å². The van der Waals surface area contributed by atoms with Crippen molar-refractivity contribution in [1.29, 1.82) is 0 Å². The lowest BCUT2D eigenvalue weighted by molar-refractivity contribution is -0.548. The average Bonchev–Trinajstić information content (AvgIpc) is 2.99. The zero-order valence-electron chi connectivity index (χ0n) is 13.7. The number of benzene rings is 1. The fourth-order valence-corrected chi connectivity index (χ4v) is 3.98. The van der Waals surface area contributed by atoms with Crippen molar-refractivity contribution >= 4 is 11.4 Å². The molecule has 1 spiro atoms. The lowest BCUT2D eigenvalue weighted by Crippen LogP contribution is -2.27. The second-order valence-electron chi connectivity index (χ2n) is 6.57. The molecule has 4 rings (SSSR count). The quantitative estimate of drug-likeness (QED) is 0.530. The molecular weight excluding hydrogens is 280 g/mol. The highest BCUT2D eigenvalue weighted by Gasteiger charge is 2.58. The second kappa shape index (κ2) is 5.81. The molecule has 2 atom stereocenters. The zero-order valence-corrected chi connectivity index (χ0v) is 13.7. The number of hydrogen-bond donors (Lipinski definition) is 0. The molecule has 0 aromatic heterocycles. The zero-order chi connectivity index (χ0) is 15.7. The third-order valence-electron chi connectivity index (χ3n) is 5.10. The van der Waals surface area contributed by atoms with Gasteiger partial charge in [-0.3, -0.25) is 0 Å². The first-order valence-electron chi connectivity index (χ1n) is 8.74. The maximum absolute atomic E-state index is 6.59. The van der Waals surface area contributed by atoms with E-state index in [1.165, 1.54) is 36.0 Å². The van der Waals surface area contributed by atoms with Gasteiger partial charge in [0.1, 0.15) is 5.92 Å². The van der Waals surface area contributed by atoms with Crippen molar-refractivity contribution in [3.63, 3.8) is 0 Å². The van der Waals surface area contributed by atoms with E-state index in [1.54, 1.807) is 0 Å². The summed E-state index contributed by atoms with van der Waals surface area (Å²) in [4.78, 5) is 0. The molecule has 0 radical (unpaired) electrons. The molecule has 0 saturated heterocycles. The third-order valence-corrected chi connectivity index (χ3v) is 5.10. The van der Waals surface area contributed by atoms with Crippen LogP contribution < -0.4 is 0 Å². The minimum Gasteiger partial charge on any atom is -0.243 e. The summed E-state index contributed by atoms with van der Waals surface area (Å²) in [5.41, 5.74) is 3.66. The van der Waals surface area contributed by atoms with E-state index in [9.17, 15) is 0 Å².